The van der Waals surface area contributed by atoms with Crippen molar-refractivity contribution in [1.82, 2.24) is 10.2 Å². The van der Waals surface area contributed by atoms with Gasteiger partial charge in [-0.1, -0.05) is 44.2 Å². The van der Waals surface area contributed by atoms with Crippen molar-refractivity contribution in [3.05, 3.63) is 58.4 Å². The quantitative estimate of drug-likeness (QED) is 0.797. The molecule has 4 rings (SSSR count). The van der Waals surface area contributed by atoms with E-state index in [1.54, 1.807) is 0 Å². The average molecular weight is 380 g/mol. The third-order valence-electron chi connectivity index (χ3n) is 5.70. The van der Waals surface area contributed by atoms with Gasteiger partial charge >= 0.3 is 5.97 Å². The lowest BCUT2D eigenvalue weighted by atomic mass is 9.68. The number of nitrogens with zero attached hydrogens (tertiary/aromatic N) is 1. The van der Waals surface area contributed by atoms with E-state index in [1.165, 1.54) is 7.11 Å². The molecule has 146 valence electrons. The Balaban J connectivity index is 2.02. The van der Waals surface area contributed by atoms with Crippen molar-refractivity contribution in [3.8, 4) is 0 Å². The van der Waals surface area contributed by atoms with Crippen LogP contribution in [0.4, 0.5) is 0 Å². The molecule has 28 heavy (non-hydrogen) atoms. The van der Waals surface area contributed by atoms with Gasteiger partial charge in [-0.05, 0) is 17.4 Å². The largest absolute Gasteiger partial charge is 0.466 e. The van der Waals surface area contributed by atoms with Crippen molar-refractivity contribution < 1.29 is 19.1 Å². The number of Topliss-reactive ketones (excluding diaryl/α,β-unsaturated/α-hetero) is 1. The van der Waals surface area contributed by atoms with Gasteiger partial charge in [-0.15, -0.1) is 0 Å². The zero-order chi connectivity index (χ0) is 20.1. The van der Waals surface area contributed by atoms with Crippen LogP contribution >= 0.6 is 0 Å². The van der Waals surface area contributed by atoms with E-state index in [-0.39, 0.29) is 22.7 Å². The Kier molecular flexibility index (Phi) is 4.37. The normalized spacial score (nSPS) is 23.8. The monoisotopic (exact) mass is 380 g/mol. The third-order valence-corrected chi connectivity index (χ3v) is 5.70. The van der Waals surface area contributed by atoms with Crippen LogP contribution in [0.15, 0.2) is 52.9 Å². The van der Waals surface area contributed by atoms with Gasteiger partial charge in [0.25, 0.3) is 5.91 Å². The number of benzene rings is 1. The number of piperazine rings is 1. The molecular formula is C22H24N2O4. The van der Waals surface area contributed by atoms with Crippen molar-refractivity contribution >= 4 is 17.7 Å². The zero-order valence-corrected chi connectivity index (χ0v) is 16.4. The Bertz CT molecular complexity index is 927. The maximum absolute atomic E-state index is 13.3. The second kappa shape index (κ2) is 6.62. The maximum Gasteiger partial charge on any atom is 0.337 e. The highest BCUT2D eigenvalue weighted by atomic mass is 16.5. The minimum absolute atomic E-state index is 0.0338. The average Bonchev–Trinajstić information content (AvgIpc) is 2.66. The van der Waals surface area contributed by atoms with E-state index >= 15 is 0 Å². The van der Waals surface area contributed by atoms with Crippen LogP contribution in [0, 0.1) is 5.41 Å². The van der Waals surface area contributed by atoms with Crippen LogP contribution in [0.5, 0.6) is 0 Å². The fourth-order valence-corrected chi connectivity index (χ4v) is 4.59. The summed E-state index contributed by atoms with van der Waals surface area (Å²) >= 11 is 0. The molecule has 1 aromatic carbocycles. The Hall–Kier alpha value is -2.89. The number of carbonyl (C=O) groups excluding carboxylic acids is 3. The molecule has 1 aliphatic carbocycles. The first-order chi connectivity index (χ1) is 13.3. The van der Waals surface area contributed by atoms with Crippen LogP contribution in [0.2, 0.25) is 0 Å². The van der Waals surface area contributed by atoms with Crippen molar-refractivity contribution in [3.63, 3.8) is 0 Å². The fourth-order valence-electron chi connectivity index (χ4n) is 4.59. The molecule has 1 saturated heterocycles. The van der Waals surface area contributed by atoms with Gasteiger partial charge in [0.05, 0.1) is 12.7 Å². The first-order valence-corrected chi connectivity index (χ1v) is 9.53. The fraction of sp³-hybridized carbons (Fsp3) is 0.409. The molecule has 6 heteroatoms. The summed E-state index contributed by atoms with van der Waals surface area (Å²) in [6, 6.07) is 9.42. The molecule has 1 fully saturated rings. The Morgan fingerprint density at radius 3 is 2.57 bits per heavy atom. The molecule has 2 heterocycles. The van der Waals surface area contributed by atoms with Gasteiger partial charge in [0, 0.05) is 36.7 Å². The van der Waals surface area contributed by atoms with E-state index in [0.717, 1.165) is 11.3 Å². The zero-order valence-electron chi connectivity index (χ0n) is 16.4. The number of amides is 1. The van der Waals surface area contributed by atoms with Gasteiger partial charge in [0.15, 0.2) is 5.78 Å². The smallest absolute Gasteiger partial charge is 0.337 e. The van der Waals surface area contributed by atoms with Crippen molar-refractivity contribution in [2.45, 2.75) is 32.6 Å². The van der Waals surface area contributed by atoms with Crippen molar-refractivity contribution in [2.24, 2.45) is 5.41 Å². The van der Waals surface area contributed by atoms with E-state index < -0.39 is 11.9 Å². The molecule has 1 N–H and O–H groups in total. The minimum Gasteiger partial charge on any atom is -0.466 e. The Labute approximate surface area is 164 Å². The molecule has 0 spiro atoms. The second-order valence-electron chi connectivity index (χ2n) is 8.31. The number of allylic oxidation sites excluding steroid dienone is 2. The number of hydrogen-bond donors (Lipinski definition) is 1. The predicted octanol–water partition coefficient (Wildman–Crippen LogP) is 2.29. The molecule has 1 atom stereocenters. The van der Waals surface area contributed by atoms with Crippen LogP contribution in [-0.2, 0) is 19.1 Å². The first-order valence-electron chi connectivity index (χ1n) is 9.53. The van der Waals surface area contributed by atoms with Crippen molar-refractivity contribution in [2.75, 3.05) is 20.2 Å². The number of ether oxygens (including phenoxy) is 1. The Morgan fingerprint density at radius 2 is 1.89 bits per heavy atom. The summed E-state index contributed by atoms with van der Waals surface area (Å²) in [5.74, 6) is -1.43. The molecule has 0 saturated carbocycles. The van der Waals surface area contributed by atoms with E-state index in [2.05, 4.69) is 19.2 Å². The highest BCUT2D eigenvalue weighted by molar-refractivity contribution is 6.09. The van der Waals surface area contributed by atoms with Gasteiger partial charge in [-0.3, -0.25) is 9.59 Å². The number of esters is 1. The van der Waals surface area contributed by atoms with E-state index in [1.807, 2.05) is 35.2 Å². The number of fused-ring (bicyclic) bond motifs is 2. The van der Waals surface area contributed by atoms with Crippen molar-refractivity contribution in [1.29, 1.82) is 0 Å². The van der Waals surface area contributed by atoms with Crippen LogP contribution < -0.4 is 5.32 Å². The minimum atomic E-state index is -0.595. The lowest BCUT2D eigenvalue weighted by molar-refractivity contribution is -0.137. The summed E-state index contributed by atoms with van der Waals surface area (Å²) in [7, 11) is 1.30. The standard InChI is InChI=1S/C22H24N2O4/c1-22(2)11-14-17(15(25)12-22)16(13-7-5-4-6-8-13)18(21(27)28-3)19-20(26)23-9-10-24(14)19/h4-8,16H,9-12H2,1-3H3,(H,23,26)/t16-/m1/s1. The molecule has 0 bridgehead atoms. The van der Waals surface area contributed by atoms with E-state index in [4.69, 9.17) is 4.74 Å². The maximum atomic E-state index is 13.3. The molecule has 2 aliphatic heterocycles. The molecule has 0 aromatic heterocycles. The summed E-state index contributed by atoms with van der Waals surface area (Å²) in [5.41, 5.74) is 2.68. The number of carbonyl (C=O) groups is 3. The van der Waals surface area contributed by atoms with Gasteiger partial charge in [0.1, 0.15) is 5.70 Å². The lowest BCUT2D eigenvalue weighted by Gasteiger charge is -2.46. The Morgan fingerprint density at radius 1 is 1.18 bits per heavy atom. The number of methoxy groups -OCH3 is 1. The van der Waals surface area contributed by atoms with Gasteiger partial charge < -0.3 is 15.0 Å². The third kappa shape index (κ3) is 2.84. The topological polar surface area (TPSA) is 75.7 Å². The SMILES string of the molecule is COC(=O)C1=C2C(=O)NCCN2C2=C(C(=O)CC(C)(C)C2)[C@H]1c1ccccc1. The first kappa shape index (κ1) is 18.5. The van der Waals surface area contributed by atoms with Crippen LogP contribution in [-0.4, -0.2) is 42.8 Å². The molecule has 1 aromatic rings. The molecule has 3 aliphatic rings. The van der Waals surface area contributed by atoms with E-state index in [9.17, 15) is 14.4 Å². The summed E-state index contributed by atoms with van der Waals surface area (Å²) in [6.45, 7) is 5.13. The van der Waals surface area contributed by atoms with Crippen LogP contribution in [0.3, 0.4) is 0 Å². The summed E-state index contributed by atoms with van der Waals surface area (Å²) in [6.07, 6.45) is 1.10. The number of rotatable bonds is 2. The summed E-state index contributed by atoms with van der Waals surface area (Å²) < 4.78 is 5.06. The highest BCUT2D eigenvalue weighted by Gasteiger charge is 2.48. The molecule has 1 amide bonds. The van der Waals surface area contributed by atoms with Gasteiger partial charge in [-0.25, -0.2) is 4.79 Å². The molecule has 6 nitrogen and oxygen atoms in total. The number of hydrogen-bond acceptors (Lipinski definition) is 5. The predicted molar refractivity (Wildman–Crippen MR) is 103 cm³/mol. The molecular weight excluding hydrogens is 356 g/mol. The summed E-state index contributed by atoms with van der Waals surface area (Å²) in [4.78, 5) is 40.8. The van der Waals surface area contributed by atoms with Crippen LogP contribution in [0.1, 0.15) is 38.2 Å². The van der Waals surface area contributed by atoms with Crippen LogP contribution in [0.25, 0.3) is 0 Å². The summed E-state index contributed by atoms with van der Waals surface area (Å²) in [5, 5.41) is 2.84. The van der Waals surface area contributed by atoms with E-state index in [0.29, 0.717) is 37.2 Å². The second-order valence-corrected chi connectivity index (χ2v) is 8.31. The molecule has 0 radical (unpaired) electrons. The van der Waals surface area contributed by atoms with Gasteiger partial charge in [0.2, 0.25) is 0 Å². The number of nitrogens with one attached hydrogen (secondary N) is 1. The van der Waals surface area contributed by atoms with Gasteiger partial charge in [-0.2, -0.15) is 0 Å². The molecule has 0 unspecified atom stereocenters. The lowest BCUT2D eigenvalue weighted by Crippen LogP contribution is -2.51. The number of ketones is 1. The highest BCUT2D eigenvalue weighted by Crippen LogP contribution is 2.50.